The van der Waals surface area contributed by atoms with Crippen molar-refractivity contribution < 1.29 is 9.13 Å². The van der Waals surface area contributed by atoms with Gasteiger partial charge in [0.25, 0.3) is 0 Å². The molecule has 1 fully saturated rings. The van der Waals surface area contributed by atoms with Crippen LogP contribution < -0.4 is 10.5 Å². The number of hydrogen-bond acceptors (Lipinski definition) is 2. The average Bonchev–Trinajstić information content (AvgIpc) is 2.37. The van der Waals surface area contributed by atoms with Gasteiger partial charge in [0.1, 0.15) is 6.10 Å². The van der Waals surface area contributed by atoms with E-state index in [9.17, 15) is 4.39 Å². The number of ether oxygens (including phenoxy) is 1. The highest BCUT2D eigenvalue weighted by atomic mass is 19.1. The van der Waals surface area contributed by atoms with E-state index in [-0.39, 0.29) is 18.0 Å². The first-order valence-corrected chi connectivity index (χ1v) is 6.79. The molecule has 18 heavy (non-hydrogen) atoms. The molecule has 1 aliphatic carbocycles. The van der Waals surface area contributed by atoms with Gasteiger partial charge >= 0.3 is 0 Å². The first-order valence-electron chi connectivity index (χ1n) is 6.79. The number of halogens is 1. The van der Waals surface area contributed by atoms with E-state index in [1.54, 1.807) is 19.1 Å². The predicted octanol–water partition coefficient (Wildman–Crippen LogP) is 3.42. The maximum atomic E-state index is 13.9. The summed E-state index contributed by atoms with van der Waals surface area (Å²) >= 11 is 0. The normalized spacial score (nSPS) is 28.1. The number of rotatable bonds is 3. The van der Waals surface area contributed by atoms with Crippen LogP contribution in [0.25, 0.3) is 0 Å². The second-order valence-corrected chi connectivity index (χ2v) is 5.29. The third-order valence-corrected chi connectivity index (χ3v) is 3.96. The van der Waals surface area contributed by atoms with Crippen molar-refractivity contribution in [2.24, 2.45) is 11.7 Å². The van der Waals surface area contributed by atoms with Gasteiger partial charge in [0.2, 0.25) is 0 Å². The fraction of sp³-hybridized carbons (Fsp3) is 0.600. The van der Waals surface area contributed by atoms with Gasteiger partial charge in [-0.05, 0) is 43.7 Å². The molecule has 2 N–H and O–H groups in total. The Bertz CT molecular complexity index is 407. The van der Waals surface area contributed by atoms with Gasteiger partial charge in [-0.2, -0.15) is 0 Å². The molecule has 0 amide bonds. The molecule has 1 saturated carbocycles. The lowest BCUT2D eigenvalue weighted by Crippen LogP contribution is -2.44. The number of hydrogen-bond donors (Lipinski definition) is 1. The summed E-state index contributed by atoms with van der Waals surface area (Å²) in [7, 11) is 0. The Kier molecular flexibility index (Phi) is 4.23. The smallest absolute Gasteiger partial charge is 0.167 e. The molecular weight excluding hydrogens is 229 g/mol. The zero-order valence-electron chi connectivity index (χ0n) is 11.2. The lowest BCUT2D eigenvalue weighted by molar-refractivity contribution is 0.0969. The third-order valence-electron chi connectivity index (χ3n) is 3.96. The van der Waals surface area contributed by atoms with Gasteiger partial charge in [-0.1, -0.05) is 25.5 Å². The van der Waals surface area contributed by atoms with Crippen molar-refractivity contribution in [2.45, 2.75) is 51.7 Å². The van der Waals surface area contributed by atoms with E-state index >= 15 is 0 Å². The van der Waals surface area contributed by atoms with Gasteiger partial charge in [0, 0.05) is 6.04 Å². The number of nitrogens with two attached hydrogens (primary N) is 1. The molecule has 0 saturated heterocycles. The highest BCUT2D eigenvalue weighted by Gasteiger charge is 2.29. The van der Waals surface area contributed by atoms with E-state index < -0.39 is 0 Å². The van der Waals surface area contributed by atoms with Crippen LogP contribution in [0.3, 0.4) is 0 Å². The summed E-state index contributed by atoms with van der Waals surface area (Å²) in [5.41, 5.74) is 6.70. The molecule has 0 aliphatic heterocycles. The first kappa shape index (κ1) is 13.3. The summed E-state index contributed by atoms with van der Waals surface area (Å²) in [5, 5.41) is 0. The fourth-order valence-electron chi connectivity index (χ4n) is 2.62. The van der Waals surface area contributed by atoms with E-state index in [0.717, 1.165) is 25.7 Å². The van der Waals surface area contributed by atoms with E-state index in [1.807, 2.05) is 6.07 Å². The minimum Gasteiger partial charge on any atom is -0.486 e. The SMILES string of the molecule is CCC1CCC(N)C(Oc2cccc(C)c2F)C1. The van der Waals surface area contributed by atoms with Gasteiger partial charge in [-0.3, -0.25) is 0 Å². The van der Waals surface area contributed by atoms with Crippen molar-refractivity contribution in [3.8, 4) is 5.75 Å². The van der Waals surface area contributed by atoms with Gasteiger partial charge in [0.15, 0.2) is 11.6 Å². The Morgan fingerprint density at radius 2 is 2.17 bits per heavy atom. The Morgan fingerprint density at radius 3 is 2.89 bits per heavy atom. The zero-order valence-corrected chi connectivity index (χ0v) is 11.2. The first-order chi connectivity index (χ1) is 8.61. The Morgan fingerprint density at radius 1 is 1.39 bits per heavy atom. The van der Waals surface area contributed by atoms with Crippen molar-refractivity contribution in [3.05, 3.63) is 29.6 Å². The molecule has 100 valence electrons. The van der Waals surface area contributed by atoms with Crippen molar-refractivity contribution in [3.63, 3.8) is 0 Å². The molecule has 0 spiro atoms. The van der Waals surface area contributed by atoms with Crippen molar-refractivity contribution in [2.75, 3.05) is 0 Å². The van der Waals surface area contributed by atoms with Gasteiger partial charge < -0.3 is 10.5 Å². The molecule has 1 aliphatic rings. The minimum atomic E-state index is -0.261. The molecule has 3 heteroatoms. The number of aryl methyl sites for hydroxylation is 1. The molecule has 0 heterocycles. The van der Waals surface area contributed by atoms with E-state index in [2.05, 4.69) is 6.92 Å². The monoisotopic (exact) mass is 251 g/mol. The Labute approximate surface area is 108 Å². The van der Waals surface area contributed by atoms with Crippen molar-refractivity contribution in [1.29, 1.82) is 0 Å². The minimum absolute atomic E-state index is 0.0210. The van der Waals surface area contributed by atoms with Crippen LogP contribution in [0.1, 0.15) is 38.2 Å². The van der Waals surface area contributed by atoms with Gasteiger partial charge in [-0.25, -0.2) is 4.39 Å². The maximum Gasteiger partial charge on any atom is 0.167 e. The van der Waals surface area contributed by atoms with E-state index in [1.165, 1.54) is 0 Å². The standard InChI is InChI=1S/C15H22FNO/c1-3-11-7-8-12(17)14(9-11)18-13-6-4-5-10(2)15(13)16/h4-6,11-12,14H,3,7-9,17H2,1-2H3. The molecule has 3 atom stereocenters. The second-order valence-electron chi connectivity index (χ2n) is 5.29. The molecule has 1 aromatic rings. The van der Waals surface area contributed by atoms with E-state index in [0.29, 0.717) is 17.2 Å². The molecule has 3 unspecified atom stereocenters. The maximum absolute atomic E-state index is 13.9. The van der Waals surface area contributed by atoms with Crippen LogP contribution in [-0.4, -0.2) is 12.1 Å². The average molecular weight is 251 g/mol. The topological polar surface area (TPSA) is 35.2 Å². The summed E-state index contributed by atoms with van der Waals surface area (Å²) in [6.07, 6.45) is 4.15. The largest absolute Gasteiger partial charge is 0.486 e. The van der Waals surface area contributed by atoms with Crippen molar-refractivity contribution >= 4 is 0 Å². The highest BCUT2D eigenvalue weighted by Crippen LogP contribution is 2.30. The van der Waals surface area contributed by atoms with E-state index in [4.69, 9.17) is 10.5 Å². The molecule has 1 aromatic carbocycles. The predicted molar refractivity (Wildman–Crippen MR) is 71.2 cm³/mol. The third kappa shape index (κ3) is 2.83. The Hall–Kier alpha value is -1.09. The van der Waals surface area contributed by atoms with Crippen LogP contribution in [0.2, 0.25) is 0 Å². The van der Waals surface area contributed by atoms with Crippen LogP contribution in [-0.2, 0) is 0 Å². The van der Waals surface area contributed by atoms with Gasteiger partial charge in [0.05, 0.1) is 0 Å². The molecule has 0 aromatic heterocycles. The molecular formula is C15H22FNO. The Balaban J connectivity index is 2.09. The van der Waals surface area contributed by atoms with Crippen LogP contribution in [0.5, 0.6) is 5.75 Å². The van der Waals surface area contributed by atoms with Crippen molar-refractivity contribution in [1.82, 2.24) is 0 Å². The lowest BCUT2D eigenvalue weighted by Gasteiger charge is -2.34. The molecule has 2 rings (SSSR count). The summed E-state index contributed by atoms with van der Waals surface area (Å²) in [4.78, 5) is 0. The summed E-state index contributed by atoms with van der Waals surface area (Å²) in [5.74, 6) is 0.734. The number of benzene rings is 1. The molecule has 0 radical (unpaired) electrons. The summed E-state index contributed by atoms with van der Waals surface area (Å²) in [6, 6.07) is 5.27. The quantitative estimate of drug-likeness (QED) is 0.893. The highest BCUT2D eigenvalue weighted by molar-refractivity contribution is 5.30. The lowest BCUT2D eigenvalue weighted by atomic mass is 9.83. The molecule has 0 bridgehead atoms. The fourth-order valence-corrected chi connectivity index (χ4v) is 2.62. The second kappa shape index (κ2) is 5.70. The van der Waals surface area contributed by atoms with Gasteiger partial charge in [-0.15, -0.1) is 0 Å². The van der Waals surface area contributed by atoms with Crippen LogP contribution in [0.4, 0.5) is 4.39 Å². The van der Waals surface area contributed by atoms with Crippen LogP contribution >= 0.6 is 0 Å². The summed E-state index contributed by atoms with van der Waals surface area (Å²) in [6.45, 7) is 3.93. The van der Waals surface area contributed by atoms with Crippen LogP contribution in [0.15, 0.2) is 18.2 Å². The van der Waals surface area contributed by atoms with Crippen LogP contribution in [0, 0.1) is 18.7 Å². The summed E-state index contributed by atoms with van der Waals surface area (Å²) < 4.78 is 19.7. The molecule has 2 nitrogen and oxygen atoms in total. The zero-order chi connectivity index (χ0) is 13.1.